The van der Waals surface area contributed by atoms with Gasteiger partial charge in [-0.2, -0.15) is 5.10 Å². The van der Waals surface area contributed by atoms with Gasteiger partial charge in [0.05, 0.1) is 5.69 Å². The largest absolute Gasteiger partial charge is 0.352 e. The molecule has 0 unspecified atom stereocenters. The predicted molar refractivity (Wildman–Crippen MR) is 81.5 cm³/mol. The van der Waals surface area contributed by atoms with Crippen LogP contribution < -0.4 is 10.6 Å². The quantitative estimate of drug-likeness (QED) is 0.800. The second-order valence-corrected chi connectivity index (χ2v) is 5.41. The van der Waals surface area contributed by atoms with E-state index < -0.39 is 0 Å². The van der Waals surface area contributed by atoms with Crippen LogP contribution in [0.15, 0.2) is 36.5 Å². The summed E-state index contributed by atoms with van der Waals surface area (Å²) >= 11 is 0. The maximum Gasteiger partial charge on any atom is 0.223 e. The average Bonchev–Trinajstić information content (AvgIpc) is 3.08. The lowest BCUT2D eigenvalue weighted by Crippen LogP contribution is -2.37. The van der Waals surface area contributed by atoms with Gasteiger partial charge in [-0.15, -0.1) is 0 Å². The molecule has 1 fully saturated rings. The third-order valence-electron chi connectivity index (χ3n) is 3.94. The first-order chi connectivity index (χ1) is 10.3. The number of rotatable bonds is 4. The van der Waals surface area contributed by atoms with Gasteiger partial charge in [-0.1, -0.05) is 24.3 Å². The fraction of sp³-hybridized carbons (Fsp3) is 0.375. The maximum absolute atomic E-state index is 12.1. The molecular weight excluding hydrogens is 264 g/mol. The number of amides is 1. The molecule has 2 aromatic rings. The summed E-state index contributed by atoms with van der Waals surface area (Å²) in [4.78, 5) is 12.1. The lowest BCUT2D eigenvalue weighted by atomic mass is 9.97. The molecule has 3 rings (SSSR count). The number of H-pyrrole nitrogens is 1. The average molecular weight is 284 g/mol. The van der Waals surface area contributed by atoms with Gasteiger partial charge < -0.3 is 10.6 Å². The van der Waals surface area contributed by atoms with Crippen molar-refractivity contribution < 1.29 is 4.79 Å². The molecule has 5 nitrogen and oxygen atoms in total. The van der Waals surface area contributed by atoms with Crippen molar-refractivity contribution in [2.45, 2.75) is 19.4 Å². The van der Waals surface area contributed by atoms with E-state index in [2.05, 4.69) is 20.8 Å². The lowest BCUT2D eigenvalue weighted by Gasteiger charge is -2.21. The van der Waals surface area contributed by atoms with Crippen LogP contribution in [-0.4, -0.2) is 29.2 Å². The van der Waals surface area contributed by atoms with Crippen LogP contribution in [0, 0.1) is 5.92 Å². The summed E-state index contributed by atoms with van der Waals surface area (Å²) in [6.07, 6.45) is 3.61. The number of hydrogen-bond acceptors (Lipinski definition) is 3. The summed E-state index contributed by atoms with van der Waals surface area (Å²) in [7, 11) is 0. The minimum absolute atomic E-state index is 0.163. The lowest BCUT2D eigenvalue weighted by molar-refractivity contribution is -0.125. The van der Waals surface area contributed by atoms with Crippen molar-refractivity contribution in [3.63, 3.8) is 0 Å². The highest BCUT2D eigenvalue weighted by molar-refractivity contribution is 5.78. The highest BCUT2D eigenvalue weighted by Crippen LogP contribution is 2.17. The Morgan fingerprint density at radius 1 is 1.19 bits per heavy atom. The number of nitrogens with zero attached hydrogens (tertiary/aromatic N) is 1. The molecule has 0 radical (unpaired) electrons. The third kappa shape index (κ3) is 3.49. The Bertz CT molecular complexity index is 571. The number of piperidine rings is 1. The Kier molecular flexibility index (Phi) is 4.31. The Labute approximate surface area is 124 Å². The zero-order chi connectivity index (χ0) is 14.5. The van der Waals surface area contributed by atoms with Crippen molar-refractivity contribution >= 4 is 5.91 Å². The molecule has 5 heteroatoms. The van der Waals surface area contributed by atoms with E-state index in [4.69, 9.17) is 0 Å². The van der Waals surface area contributed by atoms with Gasteiger partial charge in [0.1, 0.15) is 0 Å². The van der Waals surface area contributed by atoms with Crippen LogP contribution in [-0.2, 0) is 11.3 Å². The molecule has 0 aliphatic carbocycles. The summed E-state index contributed by atoms with van der Waals surface area (Å²) in [5, 5.41) is 13.2. The Morgan fingerprint density at radius 3 is 2.62 bits per heavy atom. The van der Waals surface area contributed by atoms with Crippen molar-refractivity contribution in [2.24, 2.45) is 5.92 Å². The van der Waals surface area contributed by atoms with Gasteiger partial charge in [0.2, 0.25) is 5.91 Å². The van der Waals surface area contributed by atoms with Gasteiger partial charge in [0, 0.05) is 18.7 Å². The second kappa shape index (κ2) is 6.54. The van der Waals surface area contributed by atoms with E-state index in [0.29, 0.717) is 6.54 Å². The standard InChI is InChI=1S/C16H20N4O/c21-16(14-5-8-17-9-6-14)18-11-12-1-3-13(4-2-12)15-7-10-19-20-15/h1-4,7,10,14,17H,5-6,8-9,11H2,(H,18,21)(H,19,20). The number of benzene rings is 1. The van der Waals surface area contributed by atoms with Crippen LogP contribution in [0.3, 0.4) is 0 Å². The summed E-state index contributed by atoms with van der Waals surface area (Å²) in [6, 6.07) is 10.1. The minimum Gasteiger partial charge on any atom is -0.352 e. The van der Waals surface area contributed by atoms with Gasteiger partial charge in [0.15, 0.2) is 0 Å². The minimum atomic E-state index is 0.163. The summed E-state index contributed by atoms with van der Waals surface area (Å²) in [6.45, 7) is 2.47. The molecule has 1 saturated heterocycles. The number of hydrogen-bond donors (Lipinski definition) is 3. The zero-order valence-electron chi connectivity index (χ0n) is 11.9. The smallest absolute Gasteiger partial charge is 0.223 e. The molecule has 3 N–H and O–H groups in total. The van der Waals surface area contributed by atoms with Crippen molar-refractivity contribution in [3.05, 3.63) is 42.1 Å². The first kappa shape index (κ1) is 13.8. The molecule has 1 aliphatic heterocycles. The highest BCUT2D eigenvalue weighted by atomic mass is 16.1. The number of carbonyl (C=O) groups excluding carboxylic acids is 1. The van der Waals surface area contributed by atoms with Crippen molar-refractivity contribution in [1.82, 2.24) is 20.8 Å². The molecule has 0 atom stereocenters. The molecule has 2 heterocycles. The van der Waals surface area contributed by atoms with E-state index in [0.717, 1.165) is 42.8 Å². The molecule has 21 heavy (non-hydrogen) atoms. The maximum atomic E-state index is 12.1. The van der Waals surface area contributed by atoms with Crippen molar-refractivity contribution in [2.75, 3.05) is 13.1 Å². The first-order valence-corrected chi connectivity index (χ1v) is 7.40. The predicted octanol–water partition coefficient (Wildman–Crippen LogP) is 1.69. The van der Waals surface area contributed by atoms with E-state index >= 15 is 0 Å². The molecule has 1 aromatic heterocycles. The second-order valence-electron chi connectivity index (χ2n) is 5.41. The fourth-order valence-corrected chi connectivity index (χ4v) is 2.64. The van der Waals surface area contributed by atoms with E-state index in [1.54, 1.807) is 6.20 Å². The Morgan fingerprint density at radius 2 is 1.95 bits per heavy atom. The normalized spacial score (nSPS) is 15.8. The summed E-state index contributed by atoms with van der Waals surface area (Å²) in [5.74, 6) is 0.338. The zero-order valence-corrected chi connectivity index (χ0v) is 11.9. The monoisotopic (exact) mass is 284 g/mol. The topological polar surface area (TPSA) is 69.8 Å². The Hall–Kier alpha value is -2.14. The van der Waals surface area contributed by atoms with Crippen LogP contribution in [0.2, 0.25) is 0 Å². The highest BCUT2D eigenvalue weighted by Gasteiger charge is 2.20. The molecule has 0 spiro atoms. The molecule has 1 amide bonds. The van der Waals surface area contributed by atoms with Gasteiger partial charge >= 0.3 is 0 Å². The third-order valence-corrected chi connectivity index (χ3v) is 3.94. The van der Waals surface area contributed by atoms with Crippen LogP contribution in [0.5, 0.6) is 0 Å². The Balaban J connectivity index is 1.54. The van der Waals surface area contributed by atoms with Gasteiger partial charge in [-0.3, -0.25) is 9.89 Å². The van der Waals surface area contributed by atoms with Gasteiger partial charge in [-0.05, 0) is 43.1 Å². The number of aromatic nitrogens is 2. The number of aromatic amines is 1. The molecule has 1 aliphatic rings. The van der Waals surface area contributed by atoms with Crippen LogP contribution in [0.1, 0.15) is 18.4 Å². The molecule has 0 bridgehead atoms. The first-order valence-electron chi connectivity index (χ1n) is 7.40. The number of carbonyl (C=O) groups is 1. The van der Waals surface area contributed by atoms with Crippen molar-refractivity contribution in [3.8, 4) is 11.3 Å². The van der Waals surface area contributed by atoms with Crippen LogP contribution >= 0.6 is 0 Å². The number of nitrogens with one attached hydrogen (secondary N) is 3. The van der Waals surface area contributed by atoms with Crippen molar-refractivity contribution in [1.29, 1.82) is 0 Å². The van der Waals surface area contributed by atoms with E-state index in [-0.39, 0.29) is 11.8 Å². The fourth-order valence-electron chi connectivity index (χ4n) is 2.64. The van der Waals surface area contributed by atoms with E-state index in [1.807, 2.05) is 30.3 Å². The van der Waals surface area contributed by atoms with Gasteiger partial charge in [0.25, 0.3) is 0 Å². The molecular formula is C16H20N4O. The van der Waals surface area contributed by atoms with Crippen LogP contribution in [0.4, 0.5) is 0 Å². The molecule has 110 valence electrons. The summed E-state index contributed by atoms with van der Waals surface area (Å²) in [5.41, 5.74) is 3.21. The van der Waals surface area contributed by atoms with E-state index in [9.17, 15) is 4.79 Å². The molecule has 0 saturated carbocycles. The van der Waals surface area contributed by atoms with Crippen LogP contribution in [0.25, 0.3) is 11.3 Å². The van der Waals surface area contributed by atoms with E-state index in [1.165, 1.54) is 0 Å². The van der Waals surface area contributed by atoms with Gasteiger partial charge in [-0.25, -0.2) is 0 Å². The molecule has 1 aromatic carbocycles. The SMILES string of the molecule is O=C(NCc1ccc(-c2ccn[nH]2)cc1)C1CCNCC1. The summed E-state index contributed by atoms with van der Waals surface area (Å²) < 4.78 is 0.